The van der Waals surface area contributed by atoms with E-state index in [4.69, 9.17) is 0 Å². The van der Waals surface area contributed by atoms with Crippen molar-refractivity contribution in [3.63, 3.8) is 0 Å². The van der Waals surface area contributed by atoms with Gasteiger partial charge in [-0.25, -0.2) is 13.8 Å². The van der Waals surface area contributed by atoms with Crippen molar-refractivity contribution < 1.29 is 13.6 Å². The summed E-state index contributed by atoms with van der Waals surface area (Å²) in [6.45, 7) is 1.82. The first-order valence-corrected chi connectivity index (χ1v) is 10.4. The van der Waals surface area contributed by atoms with E-state index in [1.165, 1.54) is 23.5 Å². The molecular formula is C20H13BrF2N4OS. The fourth-order valence-corrected chi connectivity index (χ4v) is 5.20. The molecule has 1 atom stereocenters. The van der Waals surface area contributed by atoms with Gasteiger partial charge in [0.05, 0.1) is 15.9 Å². The summed E-state index contributed by atoms with van der Waals surface area (Å²) < 4.78 is 31.1. The van der Waals surface area contributed by atoms with Gasteiger partial charge in [0.15, 0.2) is 0 Å². The van der Waals surface area contributed by atoms with Crippen molar-refractivity contribution in [2.24, 2.45) is 0 Å². The van der Waals surface area contributed by atoms with E-state index in [0.29, 0.717) is 22.2 Å². The van der Waals surface area contributed by atoms with E-state index in [0.717, 1.165) is 26.3 Å². The molecule has 0 unspecified atom stereocenters. The number of hydrogen-bond acceptors (Lipinski definition) is 4. The summed E-state index contributed by atoms with van der Waals surface area (Å²) in [4.78, 5) is 17.0. The number of amides is 1. The zero-order valence-electron chi connectivity index (χ0n) is 15.0. The minimum Gasteiger partial charge on any atom is -0.310 e. The first kappa shape index (κ1) is 18.4. The quantitative estimate of drug-likeness (QED) is 0.428. The van der Waals surface area contributed by atoms with Crippen molar-refractivity contribution in [2.75, 3.05) is 5.32 Å². The summed E-state index contributed by atoms with van der Waals surface area (Å²) in [5.41, 5.74) is 2.65. The largest absolute Gasteiger partial charge is 0.310 e. The lowest BCUT2D eigenvalue weighted by atomic mass is 9.85. The van der Waals surface area contributed by atoms with Gasteiger partial charge in [-0.1, -0.05) is 27.3 Å². The Labute approximate surface area is 176 Å². The number of halogens is 3. The summed E-state index contributed by atoms with van der Waals surface area (Å²) in [6, 6.07) is 9.13. The second kappa shape index (κ2) is 6.70. The summed E-state index contributed by atoms with van der Waals surface area (Å²) in [5.74, 6) is -1.58. The molecule has 5 nitrogen and oxygen atoms in total. The third kappa shape index (κ3) is 3.14. The van der Waals surface area contributed by atoms with E-state index in [1.54, 1.807) is 4.68 Å². The van der Waals surface area contributed by atoms with Crippen LogP contribution in [-0.2, 0) is 4.79 Å². The molecule has 146 valence electrons. The van der Waals surface area contributed by atoms with E-state index in [9.17, 15) is 13.6 Å². The molecule has 0 aliphatic carbocycles. The summed E-state index contributed by atoms with van der Waals surface area (Å²) in [7, 11) is 0. The van der Waals surface area contributed by atoms with Crippen LogP contribution in [0.25, 0.3) is 15.3 Å². The summed E-state index contributed by atoms with van der Waals surface area (Å²) >= 11 is 4.90. The van der Waals surface area contributed by atoms with Gasteiger partial charge in [0.2, 0.25) is 11.0 Å². The molecular weight excluding hydrogens is 462 g/mol. The van der Waals surface area contributed by atoms with Crippen LogP contribution < -0.4 is 5.32 Å². The van der Waals surface area contributed by atoms with Crippen molar-refractivity contribution in [1.82, 2.24) is 14.8 Å². The number of nitrogens with zero attached hydrogens (tertiary/aromatic N) is 3. The monoisotopic (exact) mass is 474 g/mol. The van der Waals surface area contributed by atoms with Crippen molar-refractivity contribution in [3.05, 3.63) is 69.3 Å². The van der Waals surface area contributed by atoms with Crippen molar-refractivity contribution >= 4 is 49.2 Å². The number of thiazole rings is 1. The molecule has 2 aromatic carbocycles. The Morgan fingerprint density at radius 2 is 1.97 bits per heavy atom. The SMILES string of the molecule is Cc1nn(-c2nc3ccc(Br)cc3s2)c2c1[C@@H](c1cc(F)cc(F)c1)CC(=O)N2. The van der Waals surface area contributed by atoms with Gasteiger partial charge in [0.1, 0.15) is 17.5 Å². The number of anilines is 1. The number of nitrogens with one attached hydrogen (secondary N) is 1. The molecule has 5 rings (SSSR count). The average Bonchev–Trinajstić information content (AvgIpc) is 3.20. The van der Waals surface area contributed by atoms with Gasteiger partial charge in [0, 0.05) is 28.4 Å². The number of fused-ring (bicyclic) bond motifs is 2. The maximum absolute atomic E-state index is 13.8. The Balaban J connectivity index is 1.68. The second-order valence-electron chi connectivity index (χ2n) is 6.88. The Morgan fingerprint density at radius 1 is 1.21 bits per heavy atom. The smallest absolute Gasteiger partial charge is 0.226 e. The van der Waals surface area contributed by atoms with Gasteiger partial charge in [0.25, 0.3) is 0 Å². The molecule has 29 heavy (non-hydrogen) atoms. The third-order valence-corrected chi connectivity index (χ3v) is 6.40. The molecule has 0 saturated carbocycles. The molecule has 0 fully saturated rings. The van der Waals surface area contributed by atoms with E-state index in [-0.39, 0.29) is 12.3 Å². The predicted molar refractivity (Wildman–Crippen MR) is 111 cm³/mol. The minimum atomic E-state index is -0.672. The third-order valence-electron chi connectivity index (χ3n) is 4.91. The summed E-state index contributed by atoms with van der Waals surface area (Å²) in [6.07, 6.45) is 0.0925. The maximum atomic E-state index is 13.8. The van der Waals surface area contributed by atoms with Crippen molar-refractivity contribution in [2.45, 2.75) is 19.3 Å². The van der Waals surface area contributed by atoms with Gasteiger partial charge in [-0.05, 0) is 42.8 Å². The second-order valence-corrected chi connectivity index (χ2v) is 8.80. The van der Waals surface area contributed by atoms with Crippen LogP contribution in [0.2, 0.25) is 0 Å². The minimum absolute atomic E-state index is 0.0925. The standard InChI is InChI=1S/C20H13BrF2N4OS/c1-9-18-14(10-4-12(22)7-13(23)5-10)8-17(28)25-19(18)27(26-9)20-24-15-3-2-11(21)6-16(15)29-20/h2-7,14H,8H2,1H3,(H,25,28)/t14-/m1/s1. The normalized spacial score (nSPS) is 16.1. The number of benzene rings is 2. The Morgan fingerprint density at radius 3 is 2.72 bits per heavy atom. The molecule has 1 amide bonds. The van der Waals surface area contributed by atoms with Crippen molar-refractivity contribution in [3.8, 4) is 5.13 Å². The van der Waals surface area contributed by atoms with Crippen LogP contribution in [0.15, 0.2) is 40.9 Å². The fraction of sp³-hybridized carbons (Fsp3) is 0.150. The molecule has 0 bridgehead atoms. The number of rotatable bonds is 2. The lowest BCUT2D eigenvalue weighted by molar-refractivity contribution is -0.116. The molecule has 1 aliphatic heterocycles. The number of carbonyl (C=O) groups is 1. The number of aryl methyl sites for hydroxylation is 1. The average molecular weight is 475 g/mol. The highest BCUT2D eigenvalue weighted by Crippen LogP contribution is 2.41. The highest BCUT2D eigenvalue weighted by atomic mass is 79.9. The maximum Gasteiger partial charge on any atom is 0.226 e. The molecule has 1 N–H and O–H groups in total. The molecule has 9 heteroatoms. The molecule has 0 saturated heterocycles. The highest BCUT2D eigenvalue weighted by Gasteiger charge is 2.33. The van der Waals surface area contributed by atoms with Crippen LogP contribution in [0.5, 0.6) is 0 Å². The number of hydrogen-bond donors (Lipinski definition) is 1. The predicted octanol–water partition coefficient (Wildman–Crippen LogP) is 5.31. The summed E-state index contributed by atoms with van der Waals surface area (Å²) in [5, 5.41) is 8.06. The molecule has 3 heterocycles. The number of aromatic nitrogens is 3. The van der Waals surface area contributed by atoms with E-state index < -0.39 is 17.6 Å². The zero-order valence-corrected chi connectivity index (χ0v) is 17.4. The Kier molecular flexibility index (Phi) is 4.25. The van der Waals surface area contributed by atoms with E-state index >= 15 is 0 Å². The van der Waals surface area contributed by atoms with E-state index in [2.05, 4.69) is 31.3 Å². The van der Waals surface area contributed by atoms with Gasteiger partial charge in [-0.3, -0.25) is 4.79 Å². The molecule has 0 spiro atoms. The number of carbonyl (C=O) groups excluding carboxylic acids is 1. The van der Waals surface area contributed by atoms with Crippen LogP contribution in [0.3, 0.4) is 0 Å². The molecule has 4 aromatic rings. The van der Waals surface area contributed by atoms with Gasteiger partial charge >= 0.3 is 0 Å². The lowest BCUT2D eigenvalue weighted by Gasteiger charge is -2.24. The molecule has 0 radical (unpaired) electrons. The van der Waals surface area contributed by atoms with Crippen LogP contribution in [-0.4, -0.2) is 20.7 Å². The first-order valence-electron chi connectivity index (χ1n) is 8.81. The van der Waals surface area contributed by atoms with Gasteiger partial charge in [-0.15, -0.1) is 0 Å². The first-order chi connectivity index (χ1) is 13.9. The molecule has 2 aromatic heterocycles. The van der Waals surface area contributed by atoms with Crippen LogP contribution in [0.1, 0.15) is 29.2 Å². The van der Waals surface area contributed by atoms with Gasteiger partial charge < -0.3 is 5.32 Å². The van der Waals surface area contributed by atoms with E-state index in [1.807, 2.05) is 25.1 Å². The van der Waals surface area contributed by atoms with Crippen LogP contribution in [0.4, 0.5) is 14.6 Å². The zero-order chi connectivity index (χ0) is 20.3. The fourth-order valence-electron chi connectivity index (χ4n) is 3.72. The Hall–Kier alpha value is -2.65. The van der Waals surface area contributed by atoms with Crippen LogP contribution >= 0.6 is 27.3 Å². The van der Waals surface area contributed by atoms with Crippen LogP contribution in [0, 0.1) is 18.6 Å². The highest BCUT2D eigenvalue weighted by molar-refractivity contribution is 9.10. The Bertz CT molecular complexity index is 1280. The van der Waals surface area contributed by atoms with Gasteiger partial charge in [-0.2, -0.15) is 9.78 Å². The topological polar surface area (TPSA) is 59.8 Å². The lowest BCUT2D eigenvalue weighted by Crippen LogP contribution is -2.25. The molecule has 1 aliphatic rings. The van der Waals surface area contributed by atoms with Crippen molar-refractivity contribution in [1.29, 1.82) is 0 Å².